The maximum absolute atomic E-state index is 13.1. The number of nitrogens with one attached hydrogen (secondary N) is 1. The van der Waals surface area contributed by atoms with Gasteiger partial charge in [0.25, 0.3) is 5.91 Å². The van der Waals surface area contributed by atoms with E-state index in [-0.39, 0.29) is 17.5 Å². The van der Waals surface area contributed by atoms with Crippen molar-refractivity contribution in [3.05, 3.63) is 57.0 Å². The van der Waals surface area contributed by atoms with E-state index in [4.69, 9.17) is 4.74 Å². The van der Waals surface area contributed by atoms with Crippen molar-refractivity contribution in [1.29, 1.82) is 0 Å². The number of para-hydroxylation sites is 1. The maximum atomic E-state index is 13.1. The number of imide groups is 1. The highest BCUT2D eigenvalue weighted by Crippen LogP contribution is 2.41. The summed E-state index contributed by atoms with van der Waals surface area (Å²) < 4.78 is 5.58. The second kappa shape index (κ2) is 5.55. The molecule has 9 heteroatoms. The van der Waals surface area contributed by atoms with Gasteiger partial charge in [-0.3, -0.25) is 19.8 Å². The third-order valence-electron chi connectivity index (χ3n) is 4.42. The topological polar surface area (TPSA) is 102 Å². The Hall–Kier alpha value is -2.94. The van der Waals surface area contributed by atoms with Crippen LogP contribution in [-0.4, -0.2) is 28.4 Å². The Kier molecular flexibility index (Phi) is 3.46. The van der Waals surface area contributed by atoms with Crippen LogP contribution in [0.4, 0.5) is 9.80 Å². The number of fused-ring (bicyclic) bond motifs is 2. The highest BCUT2D eigenvalue weighted by Gasteiger charge is 2.54. The zero-order valence-corrected chi connectivity index (χ0v) is 13.7. The highest BCUT2D eigenvalue weighted by molar-refractivity contribution is 7.13. The van der Waals surface area contributed by atoms with Gasteiger partial charge in [-0.25, -0.2) is 4.79 Å². The molecule has 4 rings (SSSR count). The molecule has 2 aliphatic heterocycles. The Balaban J connectivity index is 1.66. The lowest BCUT2D eigenvalue weighted by Crippen LogP contribution is -2.47. The average Bonchev–Trinajstić information content (AvgIpc) is 3.16. The largest absolute Gasteiger partial charge is 0.493 e. The predicted molar refractivity (Wildman–Crippen MR) is 88.3 cm³/mol. The van der Waals surface area contributed by atoms with E-state index in [0.29, 0.717) is 29.9 Å². The zero-order valence-electron chi connectivity index (χ0n) is 12.9. The van der Waals surface area contributed by atoms with Gasteiger partial charge < -0.3 is 10.1 Å². The van der Waals surface area contributed by atoms with E-state index in [1.807, 2.05) is 0 Å². The van der Waals surface area contributed by atoms with Crippen molar-refractivity contribution in [2.45, 2.75) is 18.5 Å². The normalized spacial score (nSPS) is 21.8. The van der Waals surface area contributed by atoms with Gasteiger partial charge in [-0.05, 0) is 11.6 Å². The Morgan fingerprint density at radius 3 is 2.92 bits per heavy atom. The summed E-state index contributed by atoms with van der Waals surface area (Å²) in [6.07, 6.45) is 0.342. The first kappa shape index (κ1) is 15.6. The van der Waals surface area contributed by atoms with Crippen LogP contribution < -0.4 is 10.1 Å². The minimum Gasteiger partial charge on any atom is -0.493 e. The summed E-state index contributed by atoms with van der Waals surface area (Å²) in [5.74, 6) is 0.220. The van der Waals surface area contributed by atoms with Crippen LogP contribution in [0.1, 0.15) is 17.5 Å². The number of hydrogen-bond donors (Lipinski definition) is 1. The summed E-state index contributed by atoms with van der Waals surface area (Å²) in [6, 6.07) is 8.01. The third-order valence-corrected chi connectivity index (χ3v) is 5.35. The number of urea groups is 1. The molecule has 0 aliphatic carbocycles. The molecule has 3 amide bonds. The molecule has 1 saturated heterocycles. The number of hydrogen-bond acceptors (Lipinski definition) is 6. The number of carbonyl (C=O) groups is 2. The van der Waals surface area contributed by atoms with Crippen LogP contribution in [0, 0.1) is 10.1 Å². The number of carbonyl (C=O) groups excluding carboxylic acids is 2. The molecule has 0 saturated carbocycles. The van der Waals surface area contributed by atoms with Gasteiger partial charge in [0.15, 0.2) is 5.54 Å². The smallest absolute Gasteiger partial charge is 0.325 e. The van der Waals surface area contributed by atoms with Crippen LogP contribution in [0.25, 0.3) is 0 Å². The number of nitrogens with zero attached hydrogens (tertiary/aromatic N) is 2. The lowest BCUT2D eigenvalue weighted by atomic mass is 9.84. The van der Waals surface area contributed by atoms with Crippen LogP contribution in [0.5, 0.6) is 5.75 Å². The van der Waals surface area contributed by atoms with Gasteiger partial charge in [0, 0.05) is 23.4 Å². The first-order chi connectivity index (χ1) is 12.0. The fourth-order valence-electron chi connectivity index (χ4n) is 3.24. The first-order valence-electron chi connectivity index (χ1n) is 7.59. The molecule has 1 N–H and O–H groups in total. The molecule has 3 heterocycles. The Morgan fingerprint density at radius 1 is 1.36 bits per heavy atom. The van der Waals surface area contributed by atoms with Crippen molar-refractivity contribution >= 4 is 28.3 Å². The molecule has 8 nitrogen and oxygen atoms in total. The molecule has 0 radical (unpaired) electrons. The monoisotopic (exact) mass is 359 g/mol. The molecule has 1 aromatic carbocycles. The van der Waals surface area contributed by atoms with E-state index < -0.39 is 16.5 Å². The van der Waals surface area contributed by atoms with Crippen LogP contribution in [0.15, 0.2) is 35.7 Å². The van der Waals surface area contributed by atoms with Crippen LogP contribution >= 0.6 is 11.3 Å². The Morgan fingerprint density at radius 2 is 2.16 bits per heavy atom. The molecule has 0 bridgehead atoms. The van der Waals surface area contributed by atoms with Crippen molar-refractivity contribution in [1.82, 2.24) is 10.2 Å². The molecule has 1 spiro atoms. The van der Waals surface area contributed by atoms with E-state index in [0.717, 1.165) is 16.2 Å². The minimum absolute atomic E-state index is 0.000218. The molecular formula is C16H13N3O5S. The van der Waals surface area contributed by atoms with Gasteiger partial charge in [0.2, 0.25) is 0 Å². The standard InChI is InChI=1S/C16H13N3O5S/c20-14-16(5-6-24-12-4-2-1-3-11(12)16)17-15(21)18(14)8-10-7-13(19(22)23)25-9-10/h1-4,7,9H,5-6,8H2,(H,17,21)/t16-/m0/s1. The molecule has 1 fully saturated rings. The van der Waals surface area contributed by atoms with E-state index in [9.17, 15) is 19.7 Å². The molecule has 1 atom stereocenters. The summed E-state index contributed by atoms with van der Waals surface area (Å²) >= 11 is 0.970. The van der Waals surface area contributed by atoms with Gasteiger partial charge in [0.1, 0.15) is 5.75 Å². The SMILES string of the molecule is O=C1N[C@]2(CCOc3ccccc32)C(=O)N1Cc1csc([N+](=O)[O-])c1. The average molecular weight is 359 g/mol. The fourth-order valence-corrected chi connectivity index (χ4v) is 3.96. The number of ether oxygens (including phenoxy) is 1. The second-order valence-electron chi connectivity index (χ2n) is 5.87. The van der Waals surface area contributed by atoms with Gasteiger partial charge in [-0.1, -0.05) is 29.5 Å². The van der Waals surface area contributed by atoms with Crippen molar-refractivity contribution in [3.8, 4) is 5.75 Å². The van der Waals surface area contributed by atoms with Crippen molar-refractivity contribution < 1.29 is 19.2 Å². The van der Waals surface area contributed by atoms with Gasteiger partial charge in [-0.2, -0.15) is 0 Å². The van der Waals surface area contributed by atoms with Gasteiger partial charge >= 0.3 is 11.0 Å². The van der Waals surface area contributed by atoms with E-state index in [2.05, 4.69) is 5.32 Å². The van der Waals surface area contributed by atoms with Crippen LogP contribution in [-0.2, 0) is 16.9 Å². The predicted octanol–water partition coefficient (Wildman–Crippen LogP) is 2.39. The molecule has 25 heavy (non-hydrogen) atoms. The minimum atomic E-state index is -1.13. The number of amides is 3. The first-order valence-corrected chi connectivity index (χ1v) is 8.47. The van der Waals surface area contributed by atoms with Crippen molar-refractivity contribution in [2.75, 3.05) is 6.61 Å². The summed E-state index contributed by atoms with van der Waals surface area (Å²) in [5, 5.41) is 15.2. The second-order valence-corrected chi connectivity index (χ2v) is 6.76. The fraction of sp³-hybridized carbons (Fsp3) is 0.250. The molecular weight excluding hydrogens is 346 g/mol. The Labute approximate surface area is 146 Å². The van der Waals surface area contributed by atoms with Gasteiger partial charge in [-0.15, -0.1) is 0 Å². The zero-order chi connectivity index (χ0) is 17.6. The molecule has 1 aromatic heterocycles. The number of thiophene rings is 1. The number of rotatable bonds is 3. The summed E-state index contributed by atoms with van der Waals surface area (Å²) in [7, 11) is 0. The lowest BCUT2D eigenvalue weighted by molar-refractivity contribution is -0.380. The molecule has 2 aromatic rings. The van der Waals surface area contributed by atoms with Crippen LogP contribution in [0.3, 0.4) is 0 Å². The summed E-state index contributed by atoms with van der Waals surface area (Å²) in [5.41, 5.74) is 0.0597. The quantitative estimate of drug-likeness (QED) is 0.515. The third kappa shape index (κ3) is 2.35. The Bertz CT molecular complexity index is 895. The maximum Gasteiger partial charge on any atom is 0.325 e. The molecule has 2 aliphatic rings. The van der Waals surface area contributed by atoms with Crippen LogP contribution in [0.2, 0.25) is 0 Å². The van der Waals surface area contributed by atoms with E-state index in [1.165, 1.54) is 6.07 Å². The van der Waals surface area contributed by atoms with E-state index >= 15 is 0 Å². The summed E-state index contributed by atoms with van der Waals surface area (Å²) in [4.78, 5) is 36.9. The number of nitro groups is 1. The highest BCUT2D eigenvalue weighted by atomic mass is 32.1. The van der Waals surface area contributed by atoms with Crippen molar-refractivity contribution in [3.63, 3.8) is 0 Å². The number of benzene rings is 1. The molecule has 128 valence electrons. The summed E-state index contributed by atoms with van der Waals surface area (Å²) in [6.45, 7) is 0.320. The van der Waals surface area contributed by atoms with Gasteiger partial charge in [0.05, 0.1) is 18.1 Å². The van der Waals surface area contributed by atoms with Crippen molar-refractivity contribution in [2.24, 2.45) is 0 Å². The van der Waals surface area contributed by atoms with E-state index in [1.54, 1.807) is 29.6 Å². The molecule has 0 unspecified atom stereocenters. The lowest BCUT2D eigenvalue weighted by Gasteiger charge is -2.33.